The molecule has 0 aromatic carbocycles. The van der Waals surface area contributed by atoms with Gasteiger partial charge in [0.2, 0.25) is 6.29 Å². The molecule has 1 saturated carbocycles. The van der Waals surface area contributed by atoms with Crippen LogP contribution >= 0.6 is 0 Å². The van der Waals surface area contributed by atoms with Gasteiger partial charge >= 0.3 is 11.9 Å². The van der Waals surface area contributed by atoms with Crippen LogP contribution in [-0.4, -0.2) is 99.9 Å². The Bertz CT molecular complexity index is 723. The fraction of sp³-hybridized carbons (Fsp3) is 0.789. The minimum Gasteiger partial charge on any atom is -0.471 e. The third kappa shape index (κ3) is 4.29. The van der Waals surface area contributed by atoms with E-state index in [1.54, 1.807) is 6.92 Å². The summed E-state index contributed by atoms with van der Waals surface area (Å²) in [6, 6.07) is 0. The molecule has 0 aromatic rings. The lowest BCUT2D eigenvalue weighted by Gasteiger charge is -2.44. The van der Waals surface area contributed by atoms with Crippen LogP contribution in [0.2, 0.25) is 0 Å². The molecule has 12 heteroatoms. The maximum atomic E-state index is 12.2. The van der Waals surface area contributed by atoms with E-state index in [0.717, 1.165) is 6.26 Å². The third-order valence-corrected chi connectivity index (χ3v) is 6.02. The number of carbonyl (C=O) groups excluding carboxylic acids is 2. The Labute approximate surface area is 177 Å². The van der Waals surface area contributed by atoms with Gasteiger partial charge in [0.25, 0.3) is 0 Å². The summed E-state index contributed by atoms with van der Waals surface area (Å²) in [5, 5.41) is 50.3. The highest BCUT2D eigenvalue weighted by molar-refractivity contribution is 5.89. The minimum atomic E-state index is -1.70. The SMILES string of the molecule is COC(=O)C1=COC(O[C@@H]2O[C@H](CO)[C@@H](O)[C@H](O)[C@H]2O)C2[C@@H]1[C@H](O)CC2(C)OC(C)=O. The molecule has 1 saturated heterocycles. The predicted octanol–water partition coefficient (Wildman–Crippen LogP) is -2.47. The van der Waals surface area contributed by atoms with Gasteiger partial charge < -0.3 is 49.2 Å². The number of hydrogen-bond donors (Lipinski definition) is 5. The Morgan fingerprint density at radius 2 is 1.84 bits per heavy atom. The monoisotopic (exact) mass is 448 g/mol. The highest BCUT2D eigenvalue weighted by atomic mass is 16.8. The largest absolute Gasteiger partial charge is 0.471 e. The van der Waals surface area contributed by atoms with Crippen LogP contribution in [0.25, 0.3) is 0 Å². The molecule has 3 aliphatic rings. The van der Waals surface area contributed by atoms with Gasteiger partial charge in [0, 0.05) is 19.3 Å². The van der Waals surface area contributed by atoms with Crippen molar-refractivity contribution in [2.24, 2.45) is 11.8 Å². The summed E-state index contributed by atoms with van der Waals surface area (Å²) >= 11 is 0. The first-order chi connectivity index (χ1) is 14.5. The van der Waals surface area contributed by atoms with Crippen molar-refractivity contribution < 1.29 is 58.8 Å². The first kappa shape index (κ1) is 23.9. The van der Waals surface area contributed by atoms with Crippen molar-refractivity contribution in [3.05, 3.63) is 11.8 Å². The Kier molecular flexibility index (Phi) is 6.91. The number of rotatable bonds is 5. The molecule has 2 fully saturated rings. The summed E-state index contributed by atoms with van der Waals surface area (Å²) in [4.78, 5) is 23.9. The topological polar surface area (TPSA) is 181 Å². The lowest BCUT2D eigenvalue weighted by Crippen LogP contribution is -2.61. The molecule has 12 nitrogen and oxygen atoms in total. The second kappa shape index (κ2) is 8.98. The van der Waals surface area contributed by atoms with E-state index in [4.69, 9.17) is 23.7 Å². The molecule has 0 aromatic heterocycles. The van der Waals surface area contributed by atoms with E-state index in [-0.39, 0.29) is 12.0 Å². The molecule has 176 valence electrons. The van der Waals surface area contributed by atoms with Crippen molar-refractivity contribution in [1.82, 2.24) is 0 Å². The van der Waals surface area contributed by atoms with E-state index in [2.05, 4.69) is 0 Å². The van der Waals surface area contributed by atoms with Crippen molar-refractivity contribution in [3.8, 4) is 0 Å². The smallest absolute Gasteiger partial charge is 0.337 e. The number of carbonyl (C=O) groups is 2. The number of aliphatic hydroxyl groups excluding tert-OH is 5. The van der Waals surface area contributed by atoms with Crippen LogP contribution in [0.15, 0.2) is 11.8 Å². The summed E-state index contributed by atoms with van der Waals surface area (Å²) < 4.78 is 26.8. The lowest BCUT2D eigenvalue weighted by molar-refractivity contribution is -0.346. The van der Waals surface area contributed by atoms with Gasteiger partial charge in [-0.1, -0.05) is 0 Å². The van der Waals surface area contributed by atoms with Crippen molar-refractivity contribution in [2.75, 3.05) is 13.7 Å². The van der Waals surface area contributed by atoms with Crippen LogP contribution in [0.4, 0.5) is 0 Å². The van der Waals surface area contributed by atoms with E-state index >= 15 is 0 Å². The number of hydrogen-bond acceptors (Lipinski definition) is 12. The molecule has 0 radical (unpaired) electrons. The zero-order valence-corrected chi connectivity index (χ0v) is 17.3. The summed E-state index contributed by atoms with van der Waals surface area (Å²) in [6.45, 7) is 2.09. The molecule has 2 aliphatic heterocycles. The molecule has 3 unspecified atom stereocenters. The van der Waals surface area contributed by atoms with Gasteiger partial charge in [0.1, 0.15) is 30.0 Å². The second-order valence-electron chi connectivity index (χ2n) is 8.13. The number of aliphatic hydroxyl groups is 5. The van der Waals surface area contributed by atoms with Gasteiger partial charge in [0.05, 0.1) is 37.6 Å². The molecule has 10 atom stereocenters. The standard InChI is InChI=1S/C19H28O12/c1-7(21)31-19(2)4-9(22)11-8(16(26)27-3)6-28-17(12(11)19)30-18-15(25)14(24)13(23)10(5-20)29-18/h6,9-15,17-18,20,22-25H,4-5H2,1-3H3/t9-,10-,11+,12?,13-,14+,15-,17?,18+,19?/m1/s1. The van der Waals surface area contributed by atoms with E-state index in [0.29, 0.717) is 0 Å². The molecule has 3 rings (SSSR count). The first-order valence-corrected chi connectivity index (χ1v) is 9.81. The Hall–Kier alpha value is -1.80. The van der Waals surface area contributed by atoms with Crippen molar-refractivity contribution in [1.29, 1.82) is 0 Å². The predicted molar refractivity (Wildman–Crippen MR) is 97.6 cm³/mol. The summed E-state index contributed by atoms with van der Waals surface area (Å²) in [7, 11) is 1.17. The van der Waals surface area contributed by atoms with E-state index < -0.39 is 79.1 Å². The molecule has 0 bridgehead atoms. The quantitative estimate of drug-likeness (QED) is 0.280. The third-order valence-electron chi connectivity index (χ3n) is 6.02. The lowest BCUT2D eigenvalue weighted by atomic mass is 9.80. The summed E-state index contributed by atoms with van der Waals surface area (Å²) in [6.07, 6.45) is -9.07. The Morgan fingerprint density at radius 1 is 1.16 bits per heavy atom. The van der Waals surface area contributed by atoms with Crippen molar-refractivity contribution >= 4 is 11.9 Å². The van der Waals surface area contributed by atoms with Gasteiger partial charge in [-0.15, -0.1) is 0 Å². The van der Waals surface area contributed by atoms with Gasteiger partial charge in [-0.2, -0.15) is 0 Å². The maximum absolute atomic E-state index is 12.2. The normalized spacial score (nSPS) is 44.6. The van der Waals surface area contributed by atoms with Crippen LogP contribution in [0, 0.1) is 11.8 Å². The fourth-order valence-corrected chi connectivity index (χ4v) is 4.63. The van der Waals surface area contributed by atoms with Gasteiger partial charge in [0.15, 0.2) is 6.29 Å². The average Bonchev–Trinajstić information content (AvgIpc) is 2.98. The summed E-state index contributed by atoms with van der Waals surface area (Å²) in [5.41, 5.74) is -1.30. The highest BCUT2D eigenvalue weighted by Crippen LogP contribution is 2.51. The highest BCUT2D eigenvalue weighted by Gasteiger charge is 2.61. The second-order valence-corrected chi connectivity index (χ2v) is 8.13. The van der Waals surface area contributed by atoms with Gasteiger partial charge in [-0.25, -0.2) is 4.79 Å². The molecular weight excluding hydrogens is 420 g/mol. The first-order valence-electron chi connectivity index (χ1n) is 9.81. The number of methoxy groups -OCH3 is 1. The van der Waals surface area contributed by atoms with E-state index in [1.165, 1.54) is 14.0 Å². The van der Waals surface area contributed by atoms with Crippen LogP contribution < -0.4 is 0 Å². The molecule has 0 amide bonds. The Balaban J connectivity index is 1.93. The zero-order chi connectivity index (χ0) is 23.1. The molecular formula is C19H28O12. The number of fused-ring (bicyclic) bond motifs is 1. The Morgan fingerprint density at radius 3 is 2.42 bits per heavy atom. The van der Waals surface area contributed by atoms with Gasteiger partial charge in [-0.3, -0.25) is 4.79 Å². The molecule has 5 N–H and O–H groups in total. The minimum absolute atomic E-state index is 0.0181. The van der Waals surface area contributed by atoms with Crippen molar-refractivity contribution in [3.63, 3.8) is 0 Å². The van der Waals surface area contributed by atoms with Gasteiger partial charge in [-0.05, 0) is 6.92 Å². The molecule has 1 aliphatic carbocycles. The zero-order valence-electron chi connectivity index (χ0n) is 17.3. The van der Waals surface area contributed by atoms with Crippen LogP contribution in [0.5, 0.6) is 0 Å². The molecule has 0 spiro atoms. The van der Waals surface area contributed by atoms with Crippen LogP contribution in [-0.2, 0) is 33.3 Å². The van der Waals surface area contributed by atoms with Crippen LogP contribution in [0.3, 0.4) is 0 Å². The fourth-order valence-electron chi connectivity index (χ4n) is 4.63. The van der Waals surface area contributed by atoms with E-state index in [1.807, 2.05) is 0 Å². The van der Waals surface area contributed by atoms with Crippen molar-refractivity contribution in [2.45, 2.75) is 69.0 Å². The molecule has 31 heavy (non-hydrogen) atoms. The van der Waals surface area contributed by atoms with E-state index in [9.17, 15) is 35.1 Å². The number of esters is 2. The summed E-state index contributed by atoms with van der Waals surface area (Å²) in [5.74, 6) is -3.18. The number of ether oxygens (including phenoxy) is 5. The van der Waals surface area contributed by atoms with Crippen LogP contribution in [0.1, 0.15) is 20.3 Å². The maximum Gasteiger partial charge on any atom is 0.337 e. The molecule has 2 heterocycles. The average molecular weight is 448 g/mol.